The van der Waals surface area contributed by atoms with E-state index in [4.69, 9.17) is 0 Å². The van der Waals surface area contributed by atoms with Crippen LogP contribution in [0.5, 0.6) is 0 Å². The van der Waals surface area contributed by atoms with Crippen LogP contribution in [0, 0.1) is 0 Å². The number of nitrogens with zero attached hydrogens (tertiary/aromatic N) is 1. The summed E-state index contributed by atoms with van der Waals surface area (Å²) in [6.45, 7) is 7.76. The molecule has 0 fully saturated rings. The van der Waals surface area contributed by atoms with Gasteiger partial charge in [-0.1, -0.05) is 13.8 Å². The monoisotopic (exact) mass is 172 g/mol. The Bertz CT molecular complexity index is 137. The molecular weight excluding hydrogens is 154 g/mol. The van der Waals surface area contributed by atoms with E-state index >= 15 is 0 Å². The molecule has 0 saturated carbocycles. The van der Waals surface area contributed by atoms with Gasteiger partial charge in [-0.3, -0.25) is 4.90 Å². The summed E-state index contributed by atoms with van der Waals surface area (Å²) in [5, 5.41) is 10.7. The second-order valence-electron chi connectivity index (χ2n) is 3.19. The molecule has 0 aliphatic heterocycles. The van der Waals surface area contributed by atoms with Crippen molar-refractivity contribution in [1.29, 1.82) is 0 Å². The van der Waals surface area contributed by atoms with Crippen LogP contribution >= 0.6 is 0 Å². The molecule has 0 saturated heterocycles. The zero-order chi connectivity index (χ0) is 9.72. The maximum atomic E-state index is 10.7. The Labute approximate surface area is 74.4 Å². The maximum Gasteiger partial charge on any atom is 0.453 e. The fraction of sp³-hybridized carbons (Fsp3) is 0.889. The highest BCUT2D eigenvalue weighted by molar-refractivity contribution is 5.65. The molecule has 0 rings (SSSR count). The summed E-state index contributed by atoms with van der Waals surface area (Å²) in [5.74, 6) is 0. The topological polar surface area (TPSA) is 40.2 Å². The van der Waals surface area contributed by atoms with Crippen LogP contribution in [-0.2, 0) is 5.11 Å². The van der Waals surface area contributed by atoms with Crippen LogP contribution in [0.1, 0.15) is 40.5 Å². The number of hydrogen-bond donors (Lipinski definition) is 0. The highest BCUT2D eigenvalue weighted by atomic mass is 16.4. The van der Waals surface area contributed by atoms with E-state index in [9.17, 15) is 9.90 Å². The summed E-state index contributed by atoms with van der Waals surface area (Å²) in [4.78, 5) is 12.1. The smallest absolute Gasteiger partial charge is 0.300 e. The number of rotatable bonds is 4. The summed E-state index contributed by atoms with van der Waals surface area (Å²) < 4.78 is 0. The van der Waals surface area contributed by atoms with Crippen molar-refractivity contribution in [3.8, 4) is 0 Å². The second kappa shape index (κ2) is 5.01. The zero-order valence-electron chi connectivity index (χ0n) is 8.33. The fourth-order valence-corrected chi connectivity index (χ4v) is 1.19. The lowest BCUT2D eigenvalue weighted by Crippen LogP contribution is -2.42. The predicted molar refractivity (Wildman–Crippen MR) is 47.4 cm³/mol. The first-order valence-corrected chi connectivity index (χ1v) is 4.53. The van der Waals surface area contributed by atoms with Crippen LogP contribution in [0.25, 0.3) is 0 Å². The van der Waals surface area contributed by atoms with E-state index in [0.29, 0.717) is 0 Å². The minimum Gasteiger partial charge on any atom is -0.300 e. The van der Waals surface area contributed by atoms with E-state index in [1.165, 1.54) is 4.90 Å². The van der Waals surface area contributed by atoms with Crippen LogP contribution < -0.4 is 0 Å². The summed E-state index contributed by atoms with van der Waals surface area (Å²) in [7, 11) is 0. The van der Waals surface area contributed by atoms with Crippen LogP contribution in [0.3, 0.4) is 0 Å². The van der Waals surface area contributed by atoms with Crippen molar-refractivity contribution < 1.29 is 9.90 Å². The fourth-order valence-electron chi connectivity index (χ4n) is 1.19. The molecule has 0 aromatic heterocycles. The molecule has 1 amide bonds. The lowest BCUT2D eigenvalue weighted by molar-refractivity contribution is 0.0831. The number of carbonyl (C=O) groups is 1. The lowest BCUT2D eigenvalue weighted by Gasteiger charge is -2.29. The SMILES string of the molecule is CCC(C)N(C([O])=O)C(C)CC. The van der Waals surface area contributed by atoms with Gasteiger partial charge in [0, 0.05) is 12.1 Å². The van der Waals surface area contributed by atoms with Gasteiger partial charge in [0.15, 0.2) is 0 Å². The van der Waals surface area contributed by atoms with Crippen molar-refractivity contribution in [3.63, 3.8) is 0 Å². The van der Waals surface area contributed by atoms with Gasteiger partial charge in [-0.15, -0.1) is 0 Å². The van der Waals surface area contributed by atoms with Gasteiger partial charge < -0.3 is 0 Å². The number of carbonyl (C=O) groups excluding carboxylic acids is 1. The van der Waals surface area contributed by atoms with E-state index in [0.717, 1.165) is 12.8 Å². The molecule has 12 heavy (non-hydrogen) atoms. The Balaban J connectivity index is 4.32. The third-order valence-corrected chi connectivity index (χ3v) is 2.34. The molecule has 0 N–H and O–H groups in total. The quantitative estimate of drug-likeness (QED) is 0.642. The highest BCUT2D eigenvalue weighted by Gasteiger charge is 2.23. The molecule has 2 atom stereocenters. The van der Waals surface area contributed by atoms with E-state index < -0.39 is 6.09 Å². The van der Waals surface area contributed by atoms with E-state index in [2.05, 4.69) is 0 Å². The van der Waals surface area contributed by atoms with E-state index in [1.54, 1.807) is 0 Å². The molecule has 0 bridgehead atoms. The molecule has 2 unspecified atom stereocenters. The Morgan fingerprint density at radius 3 is 1.67 bits per heavy atom. The average molecular weight is 172 g/mol. The summed E-state index contributed by atoms with van der Waals surface area (Å²) >= 11 is 0. The second-order valence-corrected chi connectivity index (χ2v) is 3.19. The molecule has 3 heteroatoms. The normalized spacial score (nSPS) is 15.3. The Morgan fingerprint density at radius 2 is 1.50 bits per heavy atom. The Kier molecular flexibility index (Phi) is 4.71. The van der Waals surface area contributed by atoms with Gasteiger partial charge in [0.2, 0.25) is 0 Å². The van der Waals surface area contributed by atoms with Crippen molar-refractivity contribution in [1.82, 2.24) is 4.90 Å². The highest BCUT2D eigenvalue weighted by Crippen LogP contribution is 2.11. The minimum absolute atomic E-state index is 0.0601. The summed E-state index contributed by atoms with van der Waals surface area (Å²) in [6.07, 6.45) is 0.607. The van der Waals surface area contributed by atoms with Gasteiger partial charge in [-0.2, -0.15) is 0 Å². The summed E-state index contributed by atoms with van der Waals surface area (Å²) in [5.41, 5.74) is 0. The van der Waals surface area contributed by atoms with Crippen molar-refractivity contribution in [2.75, 3.05) is 0 Å². The van der Waals surface area contributed by atoms with Gasteiger partial charge in [-0.25, -0.2) is 9.90 Å². The third kappa shape index (κ3) is 2.72. The van der Waals surface area contributed by atoms with Crippen LogP contribution in [0.15, 0.2) is 0 Å². The first-order chi connectivity index (χ1) is 5.54. The standard InChI is InChI=1S/C9H18NO2/c1-5-7(3)10(9(11)12)8(4)6-2/h7-8H,5-6H2,1-4H3. The van der Waals surface area contributed by atoms with E-state index in [1.807, 2.05) is 27.7 Å². The molecule has 0 spiro atoms. The third-order valence-electron chi connectivity index (χ3n) is 2.34. The lowest BCUT2D eigenvalue weighted by atomic mass is 10.1. The Morgan fingerprint density at radius 1 is 1.17 bits per heavy atom. The first kappa shape index (κ1) is 11.3. The zero-order valence-corrected chi connectivity index (χ0v) is 8.33. The van der Waals surface area contributed by atoms with Crippen molar-refractivity contribution in [2.24, 2.45) is 0 Å². The minimum atomic E-state index is -1.06. The van der Waals surface area contributed by atoms with Crippen molar-refractivity contribution in [2.45, 2.75) is 52.6 Å². The van der Waals surface area contributed by atoms with Crippen molar-refractivity contribution >= 4 is 6.09 Å². The molecule has 1 radical (unpaired) electrons. The molecule has 0 aromatic carbocycles. The number of hydrogen-bond acceptors (Lipinski definition) is 1. The molecule has 0 aromatic rings. The average Bonchev–Trinajstić information content (AvgIpc) is 2.03. The summed E-state index contributed by atoms with van der Waals surface area (Å²) in [6, 6.07) is 0.120. The van der Waals surface area contributed by atoms with Crippen LogP contribution in [-0.4, -0.2) is 23.1 Å². The molecule has 71 valence electrons. The molecule has 3 nitrogen and oxygen atoms in total. The predicted octanol–water partition coefficient (Wildman–Crippen LogP) is 2.44. The van der Waals surface area contributed by atoms with Gasteiger partial charge in [0.1, 0.15) is 0 Å². The molecule has 0 aliphatic carbocycles. The number of amides is 1. The van der Waals surface area contributed by atoms with Crippen molar-refractivity contribution in [3.05, 3.63) is 0 Å². The van der Waals surface area contributed by atoms with Gasteiger partial charge in [0.05, 0.1) is 0 Å². The molecule has 0 heterocycles. The van der Waals surface area contributed by atoms with Crippen LogP contribution in [0.4, 0.5) is 4.79 Å². The van der Waals surface area contributed by atoms with Gasteiger partial charge in [0.25, 0.3) is 0 Å². The van der Waals surface area contributed by atoms with Gasteiger partial charge >= 0.3 is 6.09 Å². The maximum absolute atomic E-state index is 10.7. The van der Waals surface area contributed by atoms with Gasteiger partial charge in [-0.05, 0) is 26.7 Å². The molecule has 0 aliphatic rings. The van der Waals surface area contributed by atoms with Crippen LogP contribution in [0.2, 0.25) is 0 Å². The largest absolute Gasteiger partial charge is 0.453 e. The van der Waals surface area contributed by atoms with E-state index in [-0.39, 0.29) is 12.1 Å². The first-order valence-electron chi connectivity index (χ1n) is 4.53. The molecular formula is C9H18NO2. The Hall–Kier alpha value is -0.730.